The molecule has 1 unspecified atom stereocenters. The summed E-state index contributed by atoms with van der Waals surface area (Å²) in [5, 5.41) is 1.44. The summed E-state index contributed by atoms with van der Waals surface area (Å²) in [7, 11) is 2.52. The van der Waals surface area contributed by atoms with E-state index < -0.39 is 7.80 Å². The molecule has 4 nitrogen and oxygen atoms in total. The second kappa shape index (κ2) is 8.11. The lowest BCUT2D eigenvalue weighted by Gasteiger charge is -2.17. The summed E-state index contributed by atoms with van der Waals surface area (Å²) in [4.78, 5) is 0. The van der Waals surface area contributed by atoms with Gasteiger partial charge in [0.05, 0.1) is 32.2 Å². The lowest BCUT2D eigenvalue weighted by atomic mass is 10.0. The number of hydrogen-bond acceptors (Lipinski definition) is 4. The van der Waals surface area contributed by atoms with Gasteiger partial charge in [-0.25, -0.2) is 0 Å². The molecule has 0 aliphatic heterocycles. The van der Waals surface area contributed by atoms with E-state index in [9.17, 15) is 4.57 Å². The molecule has 5 heteroatoms. The molecule has 0 fully saturated rings. The largest absolute Gasteiger partial charge is 0.496 e. The van der Waals surface area contributed by atoms with Crippen LogP contribution in [0.1, 0.15) is 0 Å². The van der Waals surface area contributed by atoms with Crippen LogP contribution in [-0.4, -0.2) is 21.3 Å². The van der Waals surface area contributed by atoms with Gasteiger partial charge in [-0.05, 0) is 29.8 Å². The molecule has 0 heterocycles. The van der Waals surface area contributed by atoms with Crippen LogP contribution < -0.4 is 24.8 Å². The van der Waals surface area contributed by atoms with Crippen molar-refractivity contribution in [2.75, 3.05) is 21.3 Å². The molecule has 0 aliphatic carbocycles. The summed E-state index contributed by atoms with van der Waals surface area (Å²) in [6.45, 7) is 0. The van der Waals surface area contributed by atoms with E-state index in [0.29, 0.717) is 22.6 Å². The Bertz CT molecular complexity index is 915. The highest BCUT2D eigenvalue weighted by atomic mass is 31.1. The molecular weight excluding hydrogens is 347 g/mol. The van der Waals surface area contributed by atoms with Crippen molar-refractivity contribution in [3.63, 3.8) is 0 Å². The minimum absolute atomic E-state index is 0.623. The maximum absolute atomic E-state index is 13.4. The number of ether oxygens (including phenoxy) is 3. The van der Waals surface area contributed by atoms with Crippen LogP contribution >= 0.6 is 7.80 Å². The third-order valence-corrected chi connectivity index (χ3v) is 6.05. The Kier molecular flexibility index (Phi) is 5.65. The van der Waals surface area contributed by atoms with E-state index in [0.717, 1.165) is 16.4 Å². The Balaban J connectivity index is 2.21. The van der Waals surface area contributed by atoms with E-state index in [-0.39, 0.29) is 0 Å². The van der Waals surface area contributed by atoms with Crippen LogP contribution in [0.3, 0.4) is 0 Å². The topological polar surface area (TPSA) is 44.8 Å². The minimum atomic E-state index is -2.30. The first-order chi connectivity index (χ1) is 12.7. The van der Waals surface area contributed by atoms with Crippen molar-refractivity contribution in [2.45, 2.75) is 0 Å². The number of para-hydroxylation sites is 1. The second-order valence-corrected chi connectivity index (χ2v) is 7.35. The van der Waals surface area contributed by atoms with Gasteiger partial charge in [-0.1, -0.05) is 42.5 Å². The van der Waals surface area contributed by atoms with Crippen molar-refractivity contribution in [2.24, 2.45) is 0 Å². The predicted molar refractivity (Wildman–Crippen MR) is 106 cm³/mol. The van der Waals surface area contributed by atoms with Gasteiger partial charge in [0.2, 0.25) is 0 Å². The van der Waals surface area contributed by atoms with Crippen molar-refractivity contribution >= 4 is 18.4 Å². The van der Waals surface area contributed by atoms with Crippen molar-refractivity contribution in [3.8, 4) is 28.4 Å². The van der Waals surface area contributed by atoms with Gasteiger partial charge in [-0.3, -0.25) is 0 Å². The van der Waals surface area contributed by atoms with Crippen LogP contribution in [0.15, 0.2) is 66.7 Å². The molecule has 3 aromatic rings. The smallest absolute Gasteiger partial charge is 0.136 e. The van der Waals surface area contributed by atoms with Crippen LogP contribution in [0, 0.1) is 0 Å². The Labute approximate surface area is 154 Å². The van der Waals surface area contributed by atoms with Gasteiger partial charge in [-0.15, -0.1) is 0 Å². The van der Waals surface area contributed by atoms with E-state index in [4.69, 9.17) is 14.2 Å². The molecule has 0 saturated heterocycles. The summed E-state index contributed by atoms with van der Waals surface area (Å²) in [6, 6.07) is 20.6. The van der Waals surface area contributed by atoms with Crippen LogP contribution in [-0.2, 0) is 4.57 Å². The average molecular weight is 368 g/mol. The summed E-state index contributed by atoms with van der Waals surface area (Å²) >= 11 is 0. The molecule has 0 aliphatic rings. The molecule has 1 atom stereocenters. The summed E-state index contributed by atoms with van der Waals surface area (Å²) in [6.07, 6.45) is 0. The fourth-order valence-electron chi connectivity index (χ4n) is 2.99. The van der Waals surface area contributed by atoms with Crippen molar-refractivity contribution in [1.82, 2.24) is 0 Å². The standard InChI is InChI=1S/C21H21O4P/c1-23-16-10-5-7-14-20(16)26(22)19-13-6-4-9-15(19)21-17(24-2)11-8-12-18(21)25-3/h4-14,26H,1-3H3. The van der Waals surface area contributed by atoms with Gasteiger partial charge in [0.25, 0.3) is 0 Å². The van der Waals surface area contributed by atoms with Gasteiger partial charge in [0, 0.05) is 5.30 Å². The molecule has 0 bridgehead atoms. The third-order valence-electron chi connectivity index (χ3n) is 4.22. The lowest BCUT2D eigenvalue weighted by Crippen LogP contribution is -2.12. The fourth-order valence-corrected chi connectivity index (χ4v) is 4.64. The molecule has 0 N–H and O–H groups in total. The predicted octanol–water partition coefficient (Wildman–Crippen LogP) is 3.89. The highest BCUT2D eigenvalue weighted by Crippen LogP contribution is 2.40. The molecule has 3 rings (SSSR count). The molecule has 0 spiro atoms. The molecule has 0 radical (unpaired) electrons. The summed E-state index contributed by atoms with van der Waals surface area (Å²) in [5.74, 6) is 1.97. The maximum Gasteiger partial charge on any atom is 0.136 e. The highest BCUT2D eigenvalue weighted by Gasteiger charge is 2.20. The zero-order valence-corrected chi connectivity index (χ0v) is 16.0. The quantitative estimate of drug-likeness (QED) is 0.619. The van der Waals surface area contributed by atoms with E-state index in [1.807, 2.05) is 66.7 Å². The Hall–Kier alpha value is -2.71. The SMILES string of the molecule is COc1ccccc1[PH](=O)c1ccccc1-c1c(OC)cccc1OC. The Morgan fingerprint density at radius 1 is 0.615 bits per heavy atom. The van der Waals surface area contributed by atoms with E-state index >= 15 is 0 Å². The molecular formula is C21H21O4P. The first kappa shape index (κ1) is 18.1. The fraction of sp³-hybridized carbons (Fsp3) is 0.143. The van der Waals surface area contributed by atoms with Crippen molar-refractivity contribution in [3.05, 3.63) is 66.7 Å². The van der Waals surface area contributed by atoms with Crippen LogP contribution in [0.5, 0.6) is 17.2 Å². The van der Waals surface area contributed by atoms with Gasteiger partial charge in [0.15, 0.2) is 0 Å². The molecule has 0 saturated carbocycles. The summed E-state index contributed by atoms with van der Waals surface area (Å²) < 4.78 is 29.9. The van der Waals surface area contributed by atoms with Crippen molar-refractivity contribution < 1.29 is 18.8 Å². The van der Waals surface area contributed by atoms with Gasteiger partial charge >= 0.3 is 0 Å². The van der Waals surface area contributed by atoms with Crippen molar-refractivity contribution in [1.29, 1.82) is 0 Å². The van der Waals surface area contributed by atoms with Crippen LogP contribution in [0.4, 0.5) is 0 Å². The van der Waals surface area contributed by atoms with E-state index in [1.165, 1.54) is 0 Å². The molecule has 26 heavy (non-hydrogen) atoms. The molecule has 0 aromatic heterocycles. The van der Waals surface area contributed by atoms with Crippen LogP contribution in [0.2, 0.25) is 0 Å². The zero-order valence-electron chi connectivity index (χ0n) is 15.0. The normalized spacial score (nSPS) is 11.7. The highest BCUT2D eigenvalue weighted by molar-refractivity contribution is 7.62. The maximum atomic E-state index is 13.4. The average Bonchev–Trinajstić information content (AvgIpc) is 2.72. The van der Waals surface area contributed by atoms with Gasteiger partial charge in [0.1, 0.15) is 25.0 Å². The number of benzene rings is 3. The monoisotopic (exact) mass is 368 g/mol. The van der Waals surface area contributed by atoms with Crippen LogP contribution in [0.25, 0.3) is 11.1 Å². The third kappa shape index (κ3) is 3.33. The number of rotatable bonds is 6. The van der Waals surface area contributed by atoms with Gasteiger partial charge < -0.3 is 18.8 Å². The first-order valence-corrected chi connectivity index (χ1v) is 9.60. The zero-order chi connectivity index (χ0) is 18.5. The number of methoxy groups -OCH3 is 3. The second-order valence-electron chi connectivity index (χ2n) is 5.61. The van der Waals surface area contributed by atoms with Gasteiger partial charge in [-0.2, -0.15) is 0 Å². The molecule has 3 aromatic carbocycles. The summed E-state index contributed by atoms with van der Waals surface area (Å²) in [5.41, 5.74) is 1.62. The Morgan fingerprint density at radius 3 is 1.73 bits per heavy atom. The molecule has 0 amide bonds. The minimum Gasteiger partial charge on any atom is -0.496 e. The molecule has 134 valence electrons. The Morgan fingerprint density at radius 2 is 1.12 bits per heavy atom. The lowest BCUT2D eigenvalue weighted by molar-refractivity contribution is 0.397. The number of hydrogen-bond donors (Lipinski definition) is 0. The van der Waals surface area contributed by atoms with E-state index in [1.54, 1.807) is 21.3 Å². The van der Waals surface area contributed by atoms with E-state index in [2.05, 4.69) is 0 Å². The first-order valence-electron chi connectivity index (χ1n) is 8.19.